The molecule has 0 aromatic heterocycles. The minimum Gasteiger partial charge on any atom is -0.347 e. The molecule has 2 rings (SSSR count). The van der Waals surface area contributed by atoms with Gasteiger partial charge in [-0.1, -0.05) is 44.2 Å². The summed E-state index contributed by atoms with van der Waals surface area (Å²) in [6.45, 7) is 10.1. The Morgan fingerprint density at radius 1 is 1.33 bits per heavy atom. The fraction of sp³-hybridized carbons (Fsp3) is 0.579. The number of likely N-dealkylation sites (tertiary alicyclic amines) is 1. The predicted molar refractivity (Wildman–Crippen MR) is 98.9 cm³/mol. The van der Waals surface area contributed by atoms with Crippen LogP contribution in [0.5, 0.6) is 0 Å². The van der Waals surface area contributed by atoms with Crippen LogP contribution in [-0.4, -0.2) is 54.9 Å². The second-order valence-electron chi connectivity index (χ2n) is 7.13. The van der Waals surface area contributed by atoms with Gasteiger partial charge in [-0.2, -0.15) is 0 Å². The molecule has 1 aliphatic heterocycles. The number of rotatable bonds is 5. The van der Waals surface area contributed by atoms with Gasteiger partial charge in [0.15, 0.2) is 5.96 Å². The van der Waals surface area contributed by atoms with Crippen LogP contribution in [0.1, 0.15) is 32.8 Å². The molecule has 1 heterocycles. The molecule has 1 aliphatic rings. The highest BCUT2D eigenvalue weighted by Crippen LogP contribution is 2.28. The Kier molecular flexibility index (Phi) is 6.23. The molecule has 1 aromatic carbocycles. The van der Waals surface area contributed by atoms with Gasteiger partial charge in [0.25, 0.3) is 0 Å². The third-order valence-corrected chi connectivity index (χ3v) is 4.54. The Morgan fingerprint density at radius 3 is 2.58 bits per heavy atom. The van der Waals surface area contributed by atoms with E-state index in [0.29, 0.717) is 18.5 Å². The summed E-state index contributed by atoms with van der Waals surface area (Å²) in [5.41, 5.74) is 1.46. The largest absolute Gasteiger partial charge is 0.347 e. The smallest absolute Gasteiger partial charge is 0.242 e. The summed E-state index contributed by atoms with van der Waals surface area (Å²) >= 11 is 0. The van der Waals surface area contributed by atoms with Crippen molar-refractivity contribution in [1.29, 1.82) is 0 Å². The maximum absolute atomic E-state index is 12.5. The average molecular weight is 330 g/mol. The number of amides is 1. The maximum atomic E-state index is 12.5. The quantitative estimate of drug-likeness (QED) is 0.666. The molecule has 0 spiro atoms. The van der Waals surface area contributed by atoms with E-state index >= 15 is 0 Å². The maximum Gasteiger partial charge on any atom is 0.242 e. The van der Waals surface area contributed by atoms with Gasteiger partial charge in [-0.25, -0.2) is 0 Å². The summed E-state index contributed by atoms with van der Waals surface area (Å²) in [7, 11) is 1.78. The second-order valence-corrected chi connectivity index (χ2v) is 7.13. The van der Waals surface area contributed by atoms with Gasteiger partial charge in [-0.05, 0) is 24.3 Å². The molecule has 0 atom stereocenters. The van der Waals surface area contributed by atoms with Crippen LogP contribution in [0.25, 0.3) is 0 Å². The molecule has 5 heteroatoms. The van der Waals surface area contributed by atoms with Crippen molar-refractivity contribution in [2.45, 2.75) is 33.7 Å². The third kappa shape index (κ3) is 4.98. The molecule has 132 valence electrons. The summed E-state index contributed by atoms with van der Waals surface area (Å²) in [5.74, 6) is 0.922. The van der Waals surface area contributed by atoms with Gasteiger partial charge in [0.2, 0.25) is 5.91 Å². The number of carbonyl (C=O) groups is 1. The fourth-order valence-electron chi connectivity index (χ4n) is 3.07. The minimum atomic E-state index is 0.0981. The first-order valence-electron chi connectivity index (χ1n) is 8.72. The van der Waals surface area contributed by atoms with Gasteiger partial charge in [-0.3, -0.25) is 9.79 Å². The van der Waals surface area contributed by atoms with Crippen LogP contribution < -0.4 is 5.32 Å². The molecule has 0 unspecified atom stereocenters. The molecule has 1 aromatic rings. The first-order chi connectivity index (χ1) is 11.4. The van der Waals surface area contributed by atoms with E-state index in [1.165, 1.54) is 0 Å². The standard InChI is InChI=1S/C19H30N4O/c1-5-22(14-16-9-7-6-8-10-16)17(24)13-21-18(20-4)23-12-11-19(2,3)15-23/h6-10H,5,11-15H2,1-4H3,(H,20,21). The highest BCUT2D eigenvalue weighted by atomic mass is 16.2. The van der Waals surface area contributed by atoms with Crippen molar-refractivity contribution in [3.8, 4) is 0 Å². The van der Waals surface area contributed by atoms with E-state index in [2.05, 4.69) is 41.2 Å². The zero-order chi connectivity index (χ0) is 17.6. The van der Waals surface area contributed by atoms with Crippen molar-refractivity contribution in [3.05, 3.63) is 35.9 Å². The number of nitrogens with one attached hydrogen (secondary N) is 1. The monoisotopic (exact) mass is 330 g/mol. The zero-order valence-electron chi connectivity index (χ0n) is 15.4. The Balaban J connectivity index is 1.88. The summed E-state index contributed by atoms with van der Waals surface area (Å²) in [6.07, 6.45) is 1.15. The van der Waals surface area contributed by atoms with Crippen LogP contribution >= 0.6 is 0 Å². The molecule has 5 nitrogen and oxygen atoms in total. The zero-order valence-corrected chi connectivity index (χ0v) is 15.4. The van der Waals surface area contributed by atoms with E-state index in [0.717, 1.165) is 31.0 Å². The lowest BCUT2D eigenvalue weighted by molar-refractivity contribution is -0.130. The number of benzene rings is 1. The predicted octanol–water partition coefficient (Wildman–Crippen LogP) is 2.34. The number of hydrogen-bond donors (Lipinski definition) is 1. The Morgan fingerprint density at radius 2 is 2.04 bits per heavy atom. The SMILES string of the molecule is CCN(Cc1ccccc1)C(=O)CNC(=NC)N1CCC(C)(C)C1. The second kappa shape index (κ2) is 8.18. The van der Waals surface area contributed by atoms with E-state index in [4.69, 9.17) is 0 Å². The van der Waals surface area contributed by atoms with Crippen LogP contribution in [0.2, 0.25) is 0 Å². The van der Waals surface area contributed by atoms with Crippen molar-refractivity contribution >= 4 is 11.9 Å². The van der Waals surface area contributed by atoms with Crippen molar-refractivity contribution < 1.29 is 4.79 Å². The molecule has 0 aliphatic carbocycles. The molecule has 0 bridgehead atoms. The van der Waals surface area contributed by atoms with Crippen LogP contribution in [0.15, 0.2) is 35.3 Å². The molecule has 24 heavy (non-hydrogen) atoms. The van der Waals surface area contributed by atoms with Crippen molar-refractivity contribution in [2.75, 3.05) is 33.2 Å². The van der Waals surface area contributed by atoms with E-state index in [-0.39, 0.29) is 12.5 Å². The summed E-state index contributed by atoms with van der Waals surface area (Å²) in [6, 6.07) is 10.1. The van der Waals surface area contributed by atoms with Gasteiger partial charge in [0.05, 0.1) is 6.54 Å². The normalized spacial score (nSPS) is 17.0. The van der Waals surface area contributed by atoms with Crippen molar-refractivity contribution in [2.24, 2.45) is 10.4 Å². The molecule has 1 saturated heterocycles. The molecule has 1 amide bonds. The van der Waals surface area contributed by atoms with Crippen molar-refractivity contribution in [3.63, 3.8) is 0 Å². The Bertz CT molecular complexity index is 568. The van der Waals surface area contributed by atoms with Gasteiger partial charge >= 0.3 is 0 Å². The van der Waals surface area contributed by atoms with E-state index < -0.39 is 0 Å². The lowest BCUT2D eigenvalue weighted by atomic mass is 9.93. The number of hydrogen-bond acceptors (Lipinski definition) is 2. The van der Waals surface area contributed by atoms with Gasteiger partial charge in [0, 0.05) is 33.2 Å². The lowest BCUT2D eigenvalue weighted by Gasteiger charge is -2.25. The lowest BCUT2D eigenvalue weighted by Crippen LogP contribution is -2.46. The average Bonchev–Trinajstić information content (AvgIpc) is 2.93. The number of nitrogens with zero attached hydrogens (tertiary/aromatic N) is 3. The van der Waals surface area contributed by atoms with E-state index in [1.54, 1.807) is 7.05 Å². The Labute approximate surface area is 145 Å². The highest BCUT2D eigenvalue weighted by Gasteiger charge is 2.31. The molecule has 1 N–H and O–H groups in total. The fourth-order valence-corrected chi connectivity index (χ4v) is 3.07. The minimum absolute atomic E-state index is 0.0981. The van der Waals surface area contributed by atoms with E-state index in [1.807, 2.05) is 30.0 Å². The van der Waals surface area contributed by atoms with Gasteiger partial charge in [-0.15, -0.1) is 0 Å². The first-order valence-corrected chi connectivity index (χ1v) is 8.72. The number of carbonyl (C=O) groups excluding carboxylic acids is 1. The van der Waals surface area contributed by atoms with Gasteiger partial charge < -0.3 is 15.1 Å². The molecular weight excluding hydrogens is 300 g/mol. The Hall–Kier alpha value is -2.04. The number of likely N-dealkylation sites (N-methyl/N-ethyl adjacent to an activating group) is 1. The van der Waals surface area contributed by atoms with Crippen LogP contribution in [0.4, 0.5) is 0 Å². The number of guanidine groups is 1. The van der Waals surface area contributed by atoms with Crippen molar-refractivity contribution in [1.82, 2.24) is 15.1 Å². The van der Waals surface area contributed by atoms with Crippen LogP contribution in [0.3, 0.4) is 0 Å². The molecule has 0 radical (unpaired) electrons. The third-order valence-electron chi connectivity index (χ3n) is 4.54. The van der Waals surface area contributed by atoms with E-state index in [9.17, 15) is 4.79 Å². The topological polar surface area (TPSA) is 47.9 Å². The molecule has 1 fully saturated rings. The molecule has 0 saturated carbocycles. The summed E-state index contributed by atoms with van der Waals surface area (Å²) < 4.78 is 0. The summed E-state index contributed by atoms with van der Waals surface area (Å²) in [4.78, 5) is 21.0. The summed E-state index contributed by atoms with van der Waals surface area (Å²) in [5, 5.41) is 3.23. The first kappa shape index (κ1) is 18.3. The van der Waals surface area contributed by atoms with Gasteiger partial charge in [0.1, 0.15) is 0 Å². The highest BCUT2D eigenvalue weighted by molar-refractivity contribution is 5.86. The number of aliphatic imine (C=N–C) groups is 1. The van der Waals surface area contributed by atoms with Crippen LogP contribution in [-0.2, 0) is 11.3 Å². The molecular formula is C19H30N4O. The van der Waals surface area contributed by atoms with Crippen LogP contribution in [0, 0.1) is 5.41 Å².